The molecular formula is C75H130O6. The molecule has 0 aliphatic carbocycles. The molecule has 0 amide bonds. The molecule has 0 saturated carbocycles. The molecule has 0 heterocycles. The lowest BCUT2D eigenvalue weighted by atomic mass is 10.0. The lowest BCUT2D eigenvalue weighted by Crippen LogP contribution is -2.30. The number of hydrogen-bond acceptors (Lipinski definition) is 6. The lowest BCUT2D eigenvalue weighted by molar-refractivity contribution is -0.167. The molecule has 0 rings (SSSR count). The van der Waals surface area contributed by atoms with Crippen LogP contribution in [0, 0.1) is 0 Å². The van der Waals surface area contributed by atoms with Crippen molar-refractivity contribution in [3.05, 3.63) is 97.2 Å². The van der Waals surface area contributed by atoms with E-state index in [2.05, 4.69) is 118 Å². The van der Waals surface area contributed by atoms with Crippen LogP contribution in [0.1, 0.15) is 342 Å². The molecule has 0 bridgehead atoms. The van der Waals surface area contributed by atoms with Crippen molar-refractivity contribution in [1.82, 2.24) is 0 Å². The van der Waals surface area contributed by atoms with Crippen LogP contribution in [0.3, 0.4) is 0 Å². The molecule has 1 unspecified atom stereocenters. The maximum absolute atomic E-state index is 13.0. The highest BCUT2D eigenvalue weighted by atomic mass is 16.6. The van der Waals surface area contributed by atoms with Crippen molar-refractivity contribution < 1.29 is 28.6 Å². The van der Waals surface area contributed by atoms with E-state index in [-0.39, 0.29) is 31.1 Å². The molecular weight excluding hydrogens is 997 g/mol. The van der Waals surface area contributed by atoms with Crippen molar-refractivity contribution in [2.75, 3.05) is 13.2 Å². The zero-order valence-corrected chi connectivity index (χ0v) is 53.5. The summed E-state index contributed by atoms with van der Waals surface area (Å²) in [6.45, 7) is 6.54. The van der Waals surface area contributed by atoms with Gasteiger partial charge in [0.15, 0.2) is 6.10 Å². The summed E-state index contributed by atoms with van der Waals surface area (Å²) in [7, 11) is 0. The Labute approximate surface area is 502 Å². The van der Waals surface area contributed by atoms with E-state index >= 15 is 0 Å². The molecule has 0 aromatic carbocycles. The molecule has 6 nitrogen and oxygen atoms in total. The number of hydrogen-bond donors (Lipinski definition) is 0. The first-order chi connectivity index (χ1) is 40.0. The Balaban J connectivity index is 4.41. The van der Waals surface area contributed by atoms with Gasteiger partial charge in [0, 0.05) is 19.3 Å². The zero-order valence-electron chi connectivity index (χ0n) is 53.5. The van der Waals surface area contributed by atoms with E-state index in [0.717, 1.165) is 116 Å². The third kappa shape index (κ3) is 67.0. The third-order valence-corrected chi connectivity index (χ3v) is 15.0. The second kappa shape index (κ2) is 68.8. The second-order valence-corrected chi connectivity index (χ2v) is 23.1. The van der Waals surface area contributed by atoms with Crippen LogP contribution in [-0.4, -0.2) is 37.2 Å². The van der Waals surface area contributed by atoms with Crippen LogP contribution in [0.25, 0.3) is 0 Å². The fourth-order valence-electron chi connectivity index (χ4n) is 9.85. The highest BCUT2D eigenvalue weighted by molar-refractivity contribution is 5.71. The Morgan fingerprint density at radius 1 is 0.259 bits per heavy atom. The fraction of sp³-hybridized carbons (Fsp3) is 0.747. The van der Waals surface area contributed by atoms with Crippen LogP contribution in [0.2, 0.25) is 0 Å². The monoisotopic (exact) mass is 1130 g/mol. The number of carbonyl (C=O) groups is 3. The van der Waals surface area contributed by atoms with Crippen LogP contribution in [0.15, 0.2) is 97.2 Å². The topological polar surface area (TPSA) is 78.9 Å². The van der Waals surface area contributed by atoms with Crippen molar-refractivity contribution in [3.8, 4) is 0 Å². The van der Waals surface area contributed by atoms with Gasteiger partial charge in [-0.1, -0.05) is 298 Å². The van der Waals surface area contributed by atoms with Gasteiger partial charge >= 0.3 is 17.9 Å². The predicted octanol–water partition coefficient (Wildman–Crippen LogP) is 24.0. The molecule has 0 spiro atoms. The second-order valence-electron chi connectivity index (χ2n) is 23.1. The minimum Gasteiger partial charge on any atom is -0.462 e. The zero-order chi connectivity index (χ0) is 58.5. The minimum atomic E-state index is -0.793. The molecule has 0 radical (unpaired) electrons. The first-order valence-electron chi connectivity index (χ1n) is 34.7. The van der Waals surface area contributed by atoms with Gasteiger partial charge in [0.05, 0.1) is 0 Å². The Morgan fingerprint density at radius 2 is 0.481 bits per heavy atom. The van der Waals surface area contributed by atoms with Crippen LogP contribution < -0.4 is 0 Å². The maximum Gasteiger partial charge on any atom is 0.306 e. The van der Waals surface area contributed by atoms with E-state index in [4.69, 9.17) is 14.2 Å². The quantitative estimate of drug-likeness (QED) is 0.0261. The summed E-state index contributed by atoms with van der Waals surface area (Å²) < 4.78 is 17.0. The van der Waals surface area contributed by atoms with Crippen LogP contribution in [-0.2, 0) is 28.6 Å². The van der Waals surface area contributed by atoms with Gasteiger partial charge in [0.25, 0.3) is 0 Å². The number of unbranched alkanes of at least 4 members (excludes halogenated alkanes) is 36. The predicted molar refractivity (Wildman–Crippen MR) is 353 cm³/mol. The van der Waals surface area contributed by atoms with Gasteiger partial charge < -0.3 is 14.2 Å². The molecule has 0 aliphatic heterocycles. The molecule has 0 aromatic rings. The summed E-state index contributed by atoms with van der Waals surface area (Å²) in [6.07, 6.45) is 92.7. The molecule has 0 saturated heterocycles. The van der Waals surface area contributed by atoms with E-state index in [1.807, 2.05) is 0 Å². The number of esters is 3. The van der Waals surface area contributed by atoms with Crippen molar-refractivity contribution in [3.63, 3.8) is 0 Å². The summed E-state index contributed by atoms with van der Waals surface area (Å²) >= 11 is 0. The minimum absolute atomic E-state index is 0.0860. The van der Waals surface area contributed by atoms with Crippen molar-refractivity contribution >= 4 is 17.9 Å². The summed E-state index contributed by atoms with van der Waals surface area (Å²) in [4.78, 5) is 38.5. The Kier molecular flexibility index (Phi) is 65.7. The summed E-state index contributed by atoms with van der Waals surface area (Å²) in [5, 5.41) is 0. The first-order valence-corrected chi connectivity index (χ1v) is 34.7. The van der Waals surface area contributed by atoms with Crippen molar-refractivity contribution in [2.24, 2.45) is 0 Å². The Morgan fingerprint density at radius 3 is 0.765 bits per heavy atom. The molecule has 81 heavy (non-hydrogen) atoms. The Bertz CT molecular complexity index is 1580. The van der Waals surface area contributed by atoms with Gasteiger partial charge in [0.1, 0.15) is 13.2 Å². The smallest absolute Gasteiger partial charge is 0.306 e. The molecule has 1 atom stereocenters. The van der Waals surface area contributed by atoms with E-state index in [0.29, 0.717) is 19.3 Å². The van der Waals surface area contributed by atoms with Gasteiger partial charge in [-0.3, -0.25) is 14.4 Å². The molecule has 0 N–H and O–H groups in total. The van der Waals surface area contributed by atoms with Gasteiger partial charge in [-0.05, 0) is 122 Å². The highest BCUT2D eigenvalue weighted by Crippen LogP contribution is 2.17. The fourth-order valence-corrected chi connectivity index (χ4v) is 9.85. The van der Waals surface area contributed by atoms with E-state index in [1.54, 1.807) is 0 Å². The largest absolute Gasteiger partial charge is 0.462 e. The molecule has 6 heteroatoms. The van der Waals surface area contributed by atoms with Gasteiger partial charge in [-0.15, -0.1) is 0 Å². The Hall–Kier alpha value is -3.67. The summed E-state index contributed by atoms with van der Waals surface area (Å²) in [6, 6.07) is 0. The van der Waals surface area contributed by atoms with Gasteiger partial charge in [0.2, 0.25) is 0 Å². The summed E-state index contributed by atoms with van der Waals surface area (Å²) in [5.74, 6) is -0.894. The normalized spacial score (nSPS) is 12.7. The number of rotatable bonds is 63. The van der Waals surface area contributed by atoms with E-state index < -0.39 is 6.10 Å². The van der Waals surface area contributed by atoms with E-state index in [1.165, 1.54) is 186 Å². The lowest BCUT2D eigenvalue weighted by Gasteiger charge is -2.18. The van der Waals surface area contributed by atoms with Crippen LogP contribution in [0.5, 0.6) is 0 Å². The van der Waals surface area contributed by atoms with Crippen molar-refractivity contribution in [2.45, 2.75) is 348 Å². The summed E-state index contributed by atoms with van der Waals surface area (Å²) in [5.41, 5.74) is 0. The number of ether oxygens (including phenoxy) is 3. The van der Waals surface area contributed by atoms with Gasteiger partial charge in [-0.25, -0.2) is 0 Å². The SMILES string of the molecule is CC/C=C\C/C=C\C/C=C\C/C=C\C/C=C\CCCCCCCC(=O)OC(COC(=O)CCCCCCCCCCC/C=C\CCCCCCCC)COC(=O)CCCCCCCCCCCCC/C=C\C/C=C\CCCCCCC. The van der Waals surface area contributed by atoms with Crippen molar-refractivity contribution in [1.29, 1.82) is 0 Å². The molecule has 0 fully saturated rings. The van der Waals surface area contributed by atoms with Crippen LogP contribution >= 0.6 is 0 Å². The first kappa shape index (κ1) is 77.3. The van der Waals surface area contributed by atoms with E-state index in [9.17, 15) is 14.4 Å². The molecule has 0 aliphatic rings. The number of allylic oxidation sites excluding steroid dienone is 16. The van der Waals surface area contributed by atoms with Crippen LogP contribution in [0.4, 0.5) is 0 Å². The molecule has 0 aromatic heterocycles. The average Bonchev–Trinajstić information content (AvgIpc) is 3.47. The third-order valence-electron chi connectivity index (χ3n) is 15.0. The maximum atomic E-state index is 13.0. The average molecular weight is 1130 g/mol. The highest BCUT2D eigenvalue weighted by Gasteiger charge is 2.19. The standard InChI is InChI=1S/C75H130O6/c1-4-7-10-13-16-19-22-25-28-31-34-36-37-39-41-44-47-50-53-56-59-62-65-68-74(77)80-71-72(70-79-73(76)67-64-61-58-55-52-49-46-43-40-33-30-27-24-21-18-15-12-9-6-3)81-75(78)69-66-63-60-57-54-51-48-45-42-38-35-32-29-26-23-20-17-14-11-8-5-2/h8,11,17,20,22,25-27,29-31,34-35,38,45,48,72H,4-7,9-10,12-16,18-19,21,23-24,28,32-33,36-37,39-44,46-47,49-71H2,1-3H3/b11-8-,20-17-,25-22-,29-26-,30-27-,34-31-,38-35-,48-45-. The van der Waals surface area contributed by atoms with Gasteiger partial charge in [-0.2, -0.15) is 0 Å². The molecule has 466 valence electrons. The number of carbonyl (C=O) groups excluding carboxylic acids is 3.